The minimum Gasteiger partial charge on any atom is -0.300 e. The van der Waals surface area contributed by atoms with Crippen LogP contribution in [0.1, 0.15) is 59.8 Å². The zero-order valence-electron chi connectivity index (χ0n) is 12.5. The Morgan fingerprint density at radius 2 is 2.00 bits per heavy atom. The van der Waals surface area contributed by atoms with Crippen molar-refractivity contribution in [1.82, 2.24) is 4.90 Å². The van der Waals surface area contributed by atoms with Gasteiger partial charge >= 0.3 is 0 Å². The molecule has 2 nitrogen and oxygen atoms in total. The summed E-state index contributed by atoms with van der Waals surface area (Å²) >= 11 is 0. The van der Waals surface area contributed by atoms with Crippen molar-refractivity contribution in [3.63, 3.8) is 0 Å². The van der Waals surface area contributed by atoms with Crippen LogP contribution in [0.15, 0.2) is 0 Å². The average molecular weight is 251 g/mol. The van der Waals surface area contributed by atoms with Gasteiger partial charge in [0.05, 0.1) is 0 Å². The molecule has 0 amide bonds. The van der Waals surface area contributed by atoms with Crippen molar-refractivity contribution in [2.24, 2.45) is 17.3 Å². The van der Waals surface area contributed by atoms with E-state index in [2.05, 4.69) is 32.6 Å². The van der Waals surface area contributed by atoms with Crippen LogP contribution < -0.4 is 0 Å². The summed E-state index contributed by atoms with van der Waals surface area (Å²) < 4.78 is 0. The summed E-state index contributed by atoms with van der Waals surface area (Å²) in [6.45, 7) is 11.1. The van der Waals surface area contributed by atoms with Crippen molar-refractivity contribution in [3.8, 4) is 0 Å². The van der Waals surface area contributed by atoms with E-state index in [0.717, 1.165) is 25.3 Å². The predicted octanol–water partition coefficient (Wildman–Crippen LogP) is 3.50. The van der Waals surface area contributed by atoms with Gasteiger partial charge in [-0.05, 0) is 45.1 Å². The second-order valence-corrected chi connectivity index (χ2v) is 7.31. The Morgan fingerprint density at radius 1 is 1.28 bits per heavy atom. The molecule has 0 spiro atoms. The normalized spacial score (nSPS) is 37.8. The maximum Gasteiger partial charge on any atom is 0.142 e. The van der Waals surface area contributed by atoms with Crippen LogP contribution in [-0.2, 0) is 4.79 Å². The molecule has 0 N–H and O–H groups in total. The molecule has 0 aromatic carbocycles. The second-order valence-electron chi connectivity index (χ2n) is 7.31. The summed E-state index contributed by atoms with van der Waals surface area (Å²) in [5, 5.41) is 0. The van der Waals surface area contributed by atoms with E-state index in [1.165, 1.54) is 25.8 Å². The van der Waals surface area contributed by atoms with Crippen LogP contribution >= 0.6 is 0 Å². The van der Waals surface area contributed by atoms with Crippen LogP contribution in [-0.4, -0.2) is 29.8 Å². The van der Waals surface area contributed by atoms with Crippen LogP contribution in [0, 0.1) is 17.3 Å². The first-order valence-electron chi connectivity index (χ1n) is 7.68. The van der Waals surface area contributed by atoms with Crippen molar-refractivity contribution in [3.05, 3.63) is 0 Å². The first kappa shape index (κ1) is 14.0. The molecule has 3 atom stereocenters. The summed E-state index contributed by atoms with van der Waals surface area (Å²) in [6, 6.07) is 0.659. The number of Topliss-reactive ketones (excluding diaryl/α,β-unsaturated/α-hetero) is 1. The molecule has 1 saturated carbocycles. The van der Waals surface area contributed by atoms with Gasteiger partial charge in [-0.15, -0.1) is 0 Å². The maximum absolute atomic E-state index is 12.5. The lowest BCUT2D eigenvalue weighted by atomic mass is 9.70. The van der Waals surface area contributed by atoms with Crippen molar-refractivity contribution in [2.75, 3.05) is 13.1 Å². The molecule has 0 aromatic rings. The van der Waals surface area contributed by atoms with Gasteiger partial charge < -0.3 is 0 Å². The van der Waals surface area contributed by atoms with Crippen LogP contribution in [0.25, 0.3) is 0 Å². The fraction of sp³-hybridized carbons (Fsp3) is 0.938. The molecular weight excluding hydrogens is 222 g/mol. The highest BCUT2D eigenvalue weighted by Gasteiger charge is 2.38. The smallest absolute Gasteiger partial charge is 0.142 e. The standard InChI is InChI=1S/C16H29NO/c1-12-7-9-17(13(2)10-12)11-14-6-5-8-16(3,4)15(14)18/h12-14H,5-11H2,1-4H3. The third kappa shape index (κ3) is 2.96. The maximum atomic E-state index is 12.5. The van der Waals surface area contributed by atoms with Gasteiger partial charge in [0.15, 0.2) is 0 Å². The number of rotatable bonds is 2. The van der Waals surface area contributed by atoms with Crippen molar-refractivity contribution >= 4 is 5.78 Å². The topological polar surface area (TPSA) is 20.3 Å². The highest BCUT2D eigenvalue weighted by Crippen LogP contribution is 2.36. The lowest BCUT2D eigenvalue weighted by Crippen LogP contribution is -2.47. The monoisotopic (exact) mass is 251 g/mol. The third-order valence-corrected chi connectivity index (χ3v) is 5.12. The van der Waals surface area contributed by atoms with E-state index in [9.17, 15) is 4.79 Å². The van der Waals surface area contributed by atoms with Crippen molar-refractivity contribution in [2.45, 2.75) is 65.8 Å². The van der Waals surface area contributed by atoms with Crippen LogP contribution in [0.4, 0.5) is 0 Å². The van der Waals surface area contributed by atoms with Gasteiger partial charge in [0.1, 0.15) is 5.78 Å². The van der Waals surface area contributed by atoms with Gasteiger partial charge in [0, 0.05) is 23.9 Å². The number of ketones is 1. The third-order valence-electron chi connectivity index (χ3n) is 5.12. The molecule has 1 aliphatic heterocycles. The number of likely N-dealkylation sites (tertiary alicyclic amines) is 1. The number of hydrogen-bond donors (Lipinski definition) is 0. The molecule has 0 radical (unpaired) electrons. The molecule has 18 heavy (non-hydrogen) atoms. The molecule has 3 unspecified atom stereocenters. The van der Waals surface area contributed by atoms with Gasteiger partial charge in [-0.3, -0.25) is 9.69 Å². The van der Waals surface area contributed by atoms with E-state index < -0.39 is 0 Å². The van der Waals surface area contributed by atoms with E-state index in [0.29, 0.717) is 17.7 Å². The SMILES string of the molecule is CC1CCN(CC2CCCC(C)(C)C2=O)C(C)C1. The summed E-state index contributed by atoms with van der Waals surface area (Å²) in [5.41, 5.74) is -0.0742. The number of nitrogens with zero attached hydrogens (tertiary/aromatic N) is 1. The Bertz CT molecular complexity index is 310. The summed E-state index contributed by atoms with van der Waals surface area (Å²) in [6.07, 6.45) is 6.01. The molecule has 2 rings (SSSR count). The lowest BCUT2D eigenvalue weighted by Gasteiger charge is -2.41. The van der Waals surface area contributed by atoms with E-state index >= 15 is 0 Å². The molecule has 1 heterocycles. The Hall–Kier alpha value is -0.370. The minimum atomic E-state index is -0.0742. The molecule has 0 bridgehead atoms. The van der Waals surface area contributed by atoms with E-state index in [4.69, 9.17) is 0 Å². The Morgan fingerprint density at radius 3 is 2.67 bits per heavy atom. The lowest BCUT2D eigenvalue weighted by molar-refractivity contribution is -0.135. The van der Waals surface area contributed by atoms with E-state index in [1.807, 2.05) is 0 Å². The molecule has 2 aliphatic rings. The van der Waals surface area contributed by atoms with Crippen LogP contribution in [0.3, 0.4) is 0 Å². The van der Waals surface area contributed by atoms with E-state index in [1.54, 1.807) is 0 Å². The summed E-state index contributed by atoms with van der Waals surface area (Å²) in [4.78, 5) is 15.0. The second kappa shape index (κ2) is 5.32. The molecular formula is C16H29NO. The number of carbonyl (C=O) groups is 1. The van der Waals surface area contributed by atoms with Crippen molar-refractivity contribution in [1.29, 1.82) is 0 Å². The molecule has 1 aliphatic carbocycles. The van der Waals surface area contributed by atoms with Gasteiger partial charge in [-0.1, -0.05) is 27.2 Å². The largest absolute Gasteiger partial charge is 0.300 e. The van der Waals surface area contributed by atoms with Crippen LogP contribution in [0.2, 0.25) is 0 Å². The zero-order chi connectivity index (χ0) is 13.3. The molecule has 1 saturated heterocycles. The van der Waals surface area contributed by atoms with Gasteiger partial charge in [0.2, 0.25) is 0 Å². The number of hydrogen-bond acceptors (Lipinski definition) is 2. The Balaban J connectivity index is 1.95. The van der Waals surface area contributed by atoms with Crippen LogP contribution in [0.5, 0.6) is 0 Å². The highest BCUT2D eigenvalue weighted by molar-refractivity contribution is 5.87. The number of carbonyl (C=O) groups excluding carboxylic acids is 1. The van der Waals surface area contributed by atoms with Gasteiger partial charge in [0.25, 0.3) is 0 Å². The van der Waals surface area contributed by atoms with Gasteiger partial charge in [-0.25, -0.2) is 0 Å². The minimum absolute atomic E-state index is 0.0742. The first-order chi connectivity index (χ1) is 8.40. The number of piperidine rings is 1. The van der Waals surface area contributed by atoms with E-state index in [-0.39, 0.29) is 5.41 Å². The fourth-order valence-electron chi connectivity index (χ4n) is 3.78. The predicted molar refractivity (Wildman–Crippen MR) is 75.6 cm³/mol. The van der Waals surface area contributed by atoms with Crippen molar-refractivity contribution < 1.29 is 4.79 Å². The first-order valence-corrected chi connectivity index (χ1v) is 7.68. The molecule has 2 fully saturated rings. The Kier molecular flexibility index (Phi) is 4.15. The zero-order valence-corrected chi connectivity index (χ0v) is 12.5. The molecule has 2 heteroatoms. The highest BCUT2D eigenvalue weighted by atomic mass is 16.1. The summed E-state index contributed by atoms with van der Waals surface area (Å²) in [7, 11) is 0. The summed E-state index contributed by atoms with van der Waals surface area (Å²) in [5.74, 6) is 1.67. The quantitative estimate of drug-likeness (QED) is 0.748. The fourth-order valence-corrected chi connectivity index (χ4v) is 3.78. The van der Waals surface area contributed by atoms with Gasteiger partial charge in [-0.2, -0.15) is 0 Å². The Labute approximate surface area is 112 Å². The average Bonchev–Trinajstić information content (AvgIpc) is 2.28. The molecule has 104 valence electrons. The molecule has 0 aromatic heterocycles.